The van der Waals surface area contributed by atoms with Crippen LogP contribution in [-0.4, -0.2) is 0 Å². The van der Waals surface area contributed by atoms with Crippen LogP contribution < -0.4 is 0 Å². The van der Waals surface area contributed by atoms with Gasteiger partial charge in [0, 0.05) is 1.37 Å². The molecular formula is C87H166. The van der Waals surface area contributed by atoms with Crippen molar-refractivity contribution in [1.82, 2.24) is 0 Å². The summed E-state index contributed by atoms with van der Waals surface area (Å²) >= 11 is 0. The molecule has 0 N–H and O–H groups in total. The van der Waals surface area contributed by atoms with Gasteiger partial charge in [-0.05, 0) is 293 Å². The zero-order valence-corrected chi connectivity index (χ0v) is 64.5. The van der Waals surface area contributed by atoms with Gasteiger partial charge < -0.3 is 0 Å². The van der Waals surface area contributed by atoms with E-state index in [2.05, 4.69) is 132 Å². The van der Waals surface area contributed by atoms with Gasteiger partial charge in [0.1, 0.15) is 0 Å². The zero-order valence-electron chi connectivity index (χ0n) is 65.5. The molecule has 4 spiro atoms. The topological polar surface area (TPSA) is 0 Å². The van der Waals surface area contributed by atoms with E-state index in [1.807, 2.05) is 20.8 Å². The lowest BCUT2D eigenvalue weighted by atomic mass is 9.51. The fourth-order valence-corrected chi connectivity index (χ4v) is 22.1. The molecule has 0 saturated heterocycles. The van der Waals surface area contributed by atoms with Crippen molar-refractivity contribution in [1.29, 1.82) is 0 Å². The minimum absolute atomic E-state index is 0.250. The van der Waals surface area contributed by atoms with Crippen LogP contribution in [0.5, 0.6) is 0 Å². The van der Waals surface area contributed by atoms with Crippen LogP contribution in [0.4, 0.5) is 0 Å². The highest BCUT2D eigenvalue weighted by Gasteiger charge is 2.49. The highest BCUT2D eigenvalue weighted by Crippen LogP contribution is 2.61. The van der Waals surface area contributed by atoms with Gasteiger partial charge in [-0.15, -0.1) is 0 Å². The molecule has 0 aromatic rings. The third-order valence-corrected chi connectivity index (χ3v) is 28.1. The Kier molecular flexibility index (Phi) is 29.8. The molecule has 13 aliphatic rings. The van der Waals surface area contributed by atoms with E-state index in [-0.39, 0.29) is 5.89 Å². The molecule has 13 saturated carbocycles. The summed E-state index contributed by atoms with van der Waals surface area (Å²) in [5.74, 6) is 9.04. The molecule has 13 rings (SSSR count). The van der Waals surface area contributed by atoms with Crippen molar-refractivity contribution < 1.29 is 1.37 Å². The first-order chi connectivity index (χ1) is 40.8. The fraction of sp³-hybridized carbons (Fsp3) is 1.00. The summed E-state index contributed by atoms with van der Waals surface area (Å²) < 4.78 is 6.94. The van der Waals surface area contributed by atoms with Crippen LogP contribution in [-0.2, 0) is 0 Å². The van der Waals surface area contributed by atoms with Gasteiger partial charge in [0.25, 0.3) is 0 Å². The van der Waals surface area contributed by atoms with Crippen molar-refractivity contribution in [3.8, 4) is 0 Å². The first-order valence-corrected chi connectivity index (χ1v) is 40.3. The van der Waals surface area contributed by atoms with Gasteiger partial charge in [-0.2, -0.15) is 0 Å². The number of hydrogen-bond donors (Lipinski definition) is 0. The fourth-order valence-electron chi connectivity index (χ4n) is 22.1. The summed E-state index contributed by atoms with van der Waals surface area (Å²) in [4.78, 5) is 0. The van der Waals surface area contributed by atoms with E-state index in [4.69, 9.17) is 1.37 Å². The second-order valence-corrected chi connectivity index (χ2v) is 41.1. The molecule has 0 heterocycles. The van der Waals surface area contributed by atoms with E-state index in [0.29, 0.717) is 32.5 Å². The van der Waals surface area contributed by atoms with E-state index in [1.165, 1.54) is 218 Å². The Morgan fingerprint density at radius 3 is 1.10 bits per heavy atom. The standard InChI is InChI=1S/C16H30.2C14H26.C12H22.2C11H20.C5H12.C4H10/c1-13-6-8-16(9-7-13)11-14(2,3)10-15(4,5)12-16;1-12-4-6-14(7-5-12)10-8-13(2,3)9-11-14;1-3-12-7-9-14(4-2)8-5-6-13(10-12)11-14;1-11-5-9-12(10-6-11)7-3-2-4-8-12;1-8-9-4-6-10(7-5-9)11(8,2)3;1-10-4-8-11(9-5-10)6-2-3-7-11;1-5(2,3)4;1-4(2)3/h13H,6-12H2,1-5H3;12H,4-11H2,1-3H3;12-13H,3-11H2,1-2H3;11H,2-10H2,1H3;8-10H,4-7H2,1-3H3;10H,2-9H2,1H3;1-4H3;4H,1-3H3/t;;;;8-,9?,10?;;;/m....1.../s1/i;;;;;;;4D. The molecule has 0 heteroatoms. The molecule has 87 heavy (non-hydrogen) atoms. The number of hydrogen-bond acceptors (Lipinski definition) is 0. The second kappa shape index (κ2) is 34.1. The molecule has 0 aliphatic heterocycles. The summed E-state index contributed by atoms with van der Waals surface area (Å²) in [6.07, 6.45) is 68.2. The van der Waals surface area contributed by atoms with Crippen LogP contribution in [0.3, 0.4) is 0 Å². The largest absolute Gasteiger partial charge is 0.0651 e. The minimum Gasteiger partial charge on any atom is -0.0651 e. The molecule has 0 aromatic heterocycles. The van der Waals surface area contributed by atoms with Crippen molar-refractivity contribution in [3.63, 3.8) is 0 Å². The number of fused-ring (bicyclic) bond motifs is 5. The van der Waals surface area contributed by atoms with Gasteiger partial charge in [-0.1, -0.05) is 261 Å². The predicted molar refractivity (Wildman–Crippen MR) is 392 cm³/mol. The van der Waals surface area contributed by atoms with Gasteiger partial charge >= 0.3 is 0 Å². The van der Waals surface area contributed by atoms with Crippen LogP contribution in [0.25, 0.3) is 0 Å². The van der Waals surface area contributed by atoms with Crippen LogP contribution in [0.2, 0.25) is 0 Å². The smallest absolute Gasteiger partial charge is 0.0294 e. The van der Waals surface area contributed by atoms with Crippen molar-refractivity contribution in [2.45, 2.75) is 441 Å². The van der Waals surface area contributed by atoms with E-state index in [0.717, 1.165) is 74.9 Å². The van der Waals surface area contributed by atoms with Crippen molar-refractivity contribution in [2.75, 3.05) is 0 Å². The maximum atomic E-state index is 6.94. The quantitative estimate of drug-likeness (QED) is 0.259. The molecule has 0 radical (unpaired) electrons. The predicted octanol–water partition coefficient (Wildman–Crippen LogP) is 30.1. The number of rotatable bonds is 2. The van der Waals surface area contributed by atoms with Gasteiger partial charge in [0.05, 0.1) is 0 Å². The van der Waals surface area contributed by atoms with E-state index in [9.17, 15) is 0 Å². The van der Waals surface area contributed by atoms with Crippen LogP contribution in [0, 0.1) is 113 Å². The average molecular weight is 1210 g/mol. The third-order valence-electron chi connectivity index (χ3n) is 28.1. The Bertz CT molecular complexity index is 1810. The van der Waals surface area contributed by atoms with E-state index < -0.39 is 0 Å². The van der Waals surface area contributed by atoms with Gasteiger partial charge in [0.15, 0.2) is 0 Å². The van der Waals surface area contributed by atoms with E-state index in [1.54, 1.807) is 70.6 Å². The summed E-state index contributed by atoms with van der Waals surface area (Å²) in [6.45, 7) is 51.1. The highest BCUT2D eigenvalue weighted by atomic mass is 14.5. The summed E-state index contributed by atoms with van der Waals surface area (Å²) in [5, 5.41) is 0. The lowest BCUT2D eigenvalue weighted by Crippen LogP contribution is -2.44. The first kappa shape index (κ1) is 76.0. The molecule has 0 amide bonds. The lowest BCUT2D eigenvalue weighted by molar-refractivity contribution is -0.0322. The Balaban J connectivity index is 0.000000187. The molecule has 0 aromatic carbocycles. The molecule has 13 aliphatic carbocycles. The minimum atomic E-state index is -0.250. The lowest BCUT2D eigenvalue weighted by Gasteiger charge is -2.54. The summed E-state index contributed by atoms with van der Waals surface area (Å²) in [5.41, 5.74) is 6.92. The van der Waals surface area contributed by atoms with Gasteiger partial charge in [-0.3, -0.25) is 0 Å². The monoisotopic (exact) mass is 1210 g/mol. The molecule has 0 nitrogen and oxygen atoms in total. The van der Waals surface area contributed by atoms with Gasteiger partial charge in [0.2, 0.25) is 0 Å². The SMILES string of the molecule is CC(C)(C)C.CC1CCC2(CC1)CC(C)(C)CC(C)(C)C2.CC1CCC2(CC1)CCC(C)(C)CC2.CC1CCC2(CCCC2)CC1.CC1CCC2(CCCCC2)CC1.CCC1CCC2(CC)CCCC(C1)C2.C[C@@H]1C2CCC(CC2)C1(C)C.[2H]C(C)(C)C. The summed E-state index contributed by atoms with van der Waals surface area (Å²) in [7, 11) is 0. The maximum absolute atomic E-state index is 6.94. The van der Waals surface area contributed by atoms with Crippen LogP contribution in [0.1, 0.15) is 443 Å². The molecule has 514 valence electrons. The highest BCUT2D eigenvalue weighted by molar-refractivity contribution is 5.00. The third kappa shape index (κ3) is 26.3. The van der Waals surface area contributed by atoms with Crippen LogP contribution in [0.15, 0.2) is 0 Å². The molecule has 13 fully saturated rings. The Morgan fingerprint density at radius 1 is 0.391 bits per heavy atom. The maximum Gasteiger partial charge on any atom is 0.0294 e. The second-order valence-electron chi connectivity index (χ2n) is 41.1. The Morgan fingerprint density at radius 2 is 0.759 bits per heavy atom. The van der Waals surface area contributed by atoms with Crippen molar-refractivity contribution >= 4 is 0 Å². The zero-order chi connectivity index (χ0) is 65.5. The Hall–Kier alpha value is 0. The van der Waals surface area contributed by atoms with Crippen LogP contribution >= 0.6 is 0 Å². The summed E-state index contributed by atoms with van der Waals surface area (Å²) in [6, 6.07) is 0. The van der Waals surface area contributed by atoms with Crippen molar-refractivity contribution in [2.24, 2.45) is 113 Å². The average Bonchev–Trinajstić information content (AvgIpc) is 1.32. The molecule has 4 atom stereocenters. The van der Waals surface area contributed by atoms with Crippen molar-refractivity contribution in [3.05, 3.63) is 0 Å². The Labute approximate surface area is 553 Å². The molecule has 3 unspecified atom stereocenters. The van der Waals surface area contributed by atoms with Gasteiger partial charge in [-0.25, -0.2) is 0 Å². The molecular weight excluding hydrogens is 1040 g/mol. The molecule has 4 bridgehead atoms. The van der Waals surface area contributed by atoms with E-state index >= 15 is 0 Å². The normalized spacial score (nSPS) is 34.4. The first-order valence-electron chi connectivity index (χ1n) is 40.8.